The number of alkyl halides is 3. The van der Waals surface area contributed by atoms with E-state index in [4.69, 9.17) is 4.74 Å². The second-order valence-electron chi connectivity index (χ2n) is 10.9. The summed E-state index contributed by atoms with van der Waals surface area (Å²) in [5, 5.41) is 0. The van der Waals surface area contributed by atoms with Gasteiger partial charge in [0.05, 0.1) is 6.61 Å². The summed E-state index contributed by atoms with van der Waals surface area (Å²) in [6, 6.07) is 14.3. The van der Waals surface area contributed by atoms with Gasteiger partial charge in [0.25, 0.3) is 0 Å². The monoisotopic (exact) mass is 510 g/mol. The zero-order valence-electron chi connectivity index (χ0n) is 22.2. The summed E-state index contributed by atoms with van der Waals surface area (Å²) < 4.78 is 48.9. The van der Waals surface area contributed by atoms with Crippen LogP contribution in [-0.4, -0.2) is 6.11 Å². The molecule has 2 saturated carbocycles. The predicted octanol–water partition coefficient (Wildman–Crippen LogP) is 10.2. The molecule has 0 aliphatic heterocycles. The minimum absolute atomic E-state index is 0.0415. The highest BCUT2D eigenvalue weighted by Gasteiger charge is 2.43. The molecule has 1 unspecified atom stereocenters. The van der Waals surface area contributed by atoms with E-state index in [-0.39, 0.29) is 12.2 Å². The van der Waals surface area contributed by atoms with Crippen LogP contribution in [0.15, 0.2) is 72.8 Å². The van der Waals surface area contributed by atoms with E-state index < -0.39 is 12.3 Å². The molecule has 0 heterocycles. The molecule has 2 aromatic carbocycles. The van der Waals surface area contributed by atoms with Gasteiger partial charge in [0.15, 0.2) is 0 Å². The number of hydrogen-bond donors (Lipinski definition) is 0. The molecular formula is C33H41F3O. The van der Waals surface area contributed by atoms with E-state index >= 15 is 0 Å². The van der Waals surface area contributed by atoms with Gasteiger partial charge >= 0.3 is 6.11 Å². The average Bonchev–Trinajstić information content (AvgIpc) is 2.93. The third-order valence-corrected chi connectivity index (χ3v) is 8.35. The third-order valence-electron chi connectivity index (χ3n) is 8.35. The van der Waals surface area contributed by atoms with E-state index in [2.05, 4.69) is 31.2 Å². The van der Waals surface area contributed by atoms with Crippen molar-refractivity contribution in [3.8, 4) is 0 Å². The Labute approximate surface area is 220 Å². The SMILES string of the molecule is C/C=C/C1CCC(c2ccc(COC(F)(F)C(F)c3ccc(C4CCC(/C=C/C)CC4)cc3)cc2)CC1. The van der Waals surface area contributed by atoms with Gasteiger partial charge in [-0.2, -0.15) is 8.78 Å². The van der Waals surface area contributed by atoms with E-state index in [1.165, 1.54) is 30.5 Å². The Hall–Kier alpha value is -2.33. The molecule has 200 valence electrons. The second kappa shape index (κ2) is 13.0. The van der Waals surface area contributed by atoms with Crippen LogP contribution in [0.3, 0.4) is 0 Å². The quantitative estimate of drug-likeness (QED) is 0.305. The highest BCUT2D eigenvalue weighted by atomic mass is 19.3. The first kappa shape index (κ1) is 27.7. The van der Waals surface area contributed by atoms with E-state index in [1.807, 2.05) is 43.3 Å². The maximum atomic E-state index is 14.8. The van der Waals surface area contributed by atoms with E-state index in [0.29, 0.717) is 29.2 Å². The molecule has 2 fully saturated rings. The Bertz CT molecular complexity index is 1010. The molecule has 2 aliphatic carbocycles. The summed E-state index contributed by atoms with van der Waals surface area (Å²) in [7, 11) is 0. The lowest BCUT2D eigenvalue weighted by Gasteiger charge is -2.27. The first-order valence-corrected chi connectivity index (χ1v) is 14.0. The van der Waals surface area contributed by atoms with Gasteiger partial charge in [-0.1, -0.05) is 72.8 Å². The van der Waals surface area contributed by atoms with Crippen LogP contribution in [-0.2, 0) is 11.3 Å². The van der Waals surface area contributed by atoms with Crippen LogP contribution < -0.4 is 0 Å². The van der Waals surface area contributed by atoms with Crippen LogP contribution in [0.25, 0.3) is 0 Å². The fourth-order valence-electron chi connectivity index (χ4n) is 6.10. The largest absolute Gasteiger partial charge is 0.391 e. The van der Waals surface area contributed by atoms with Gasteiger partial charge in [-0.3, -0.25) is 0 Å². The molecule has 1 nitrogen and oxygen atoms in total. The van der Waals surface area contributed by atoms with Gasteiger partial charge in [0.2, 0.25) is 6.17 Å². The molecule has 0 N–H and O–H groups in total. The Kier molecular flexibility index (Phi) is 9.70. The first-order chi connectivity index (χ1) is 17.9. The highest BCUT2D eigenvalue weighted by Crippen LogP contribution is 2.40. The number of allylic oxidation sites excluding steroid dienone is 4. The summed E-state index contributed by atoms with van der Waals surface area (Å²) in [5.41, 5.74) is 2.94. The summed E-state index contributed by atoms with van der Waals surface area (Å²) in [4.78, 5) is 0. The molecule has 0 amide bonds. The van der Waals surface area contributed by atoms with Crippen molar-refractivity contribution in [2.45, 2.75) is 95.9 Å². The van der Waals surface area contributed by atoms with Crippen molar-refractivity contribution in [1.82, 2.24) is 0 Å². The van der Waals surface area contributed by atoms with Crippen molar-refractivity contribution in [2.75, 3.05) is 0 Å². The fourth-order valence-corrected chi connectivity index (χ4v) is 6.10. The van der Waals surface area contributed by atoms with Crippen molar-refractivity contribution >= 4 is 0 Å². The third kappa shape index (κ3) is 7.37. The number of ether oxygens (including phenoxy) is 1. The molecule has 2 aromatic rings. The minimum atomic E-state index is -3.89. The fraction of sp³-hybridized carbons (Fsp3) is 0.515. The van der Waals surface area contributed by atoms with E-state index in [9.17, 15) is 13.2 Å². The second-order valence-corrected chi connectivity index (χ2v) is 10.9. The van der Waals surface area contributed by atoms with Gasteiger partial charge in [-0.25, -0.2) is 4.39 Å². The topological polar surface area (TPSA) is 9.23 Å². The molecule has 0 saturated heterocycles. The zero-order chi connectivity index (χ0) is 26.3. The Morgan fingerprint density at radius 3 is 1.59 bits per heavy atom. The van der Waals surface area contributed by atoms with Crippen molar-refractivity contribution in [1.29, 1.82) is 0 Å². The summed E-state index contributed by atoms with van der Waals surface area (Å²) >= 11 is 0. The number of hydrogen-bond acceptors (Lipinski definition) is 1. The van der Waals surface area contributed by atoms with Crippen LogP contribution in [0.1, 0.15) is 105 Å². The summed E-state index contributed by atoms with van der Waals surface area (Å²) in [6.45, 7) is 3.79. The Morgan fingerprint density at radius 1 is 0.730 bits per heavy atom. The average molecular weight is 511 g/mol. The first-order valence-electron chi connectivity index (χ1n) is 14.0. The van der Waals surface area contributed by atoms with Crippen LogP contribution in [0.5, 0.6) is 0 Å². The lowest BCUT2D eigenvalue weighted by atomic mass is 9.78. The van der Waals surface area contributed by atoms with Crippen molar-refractivity contribution in [3.63, 3.8) is 0 Å². The van der Waals surface area contributed by atoms with Crippen molar-refractivity contribution < 1.29 is 17.9 Å². The van der Waals surface area contributed by atoms with Crippen molar-refractivity contribution in [3.05, 3.63) is 95.1 Å². The molecule has 4 heteroatoms. The van der Waals surface area contributed by atoms with Gasteiger partial charge in [-0.15, -0.1) is 0 Å². The summed E-state index contributed by atoms with van der Waals surface area (Å²) in [6.07, 6.45) is 11.5. The lowest BCUT2D eigenvalue weighted by Crippen LogP contribution is -2.27. The predicted molar refractivity (Wildman–Crippen MR) is 145 cm³/mol. The van der Waals surface area contributed by atoms with Crippen molar-refractivity contribution in [2.24, 2.45) is 11.8 Å². The smallest absolute Gasteiger partial charge is 0.313 e. The molecule has 1 atom stereocenters. The summed E-state index contributed by atoms with van der Waals surface area (Å²) in [5.74, 6) is 2.23. The maximum absolute atomic E-state index is 14.8. The van der Waals surface area contributed by atoms with Crippen LogP contribution in [0, 0.1) is 11.8 Å². The standard InChI is InChI=1S/C33H41F3O/c1-3-5-24-7-13-27(14-8-24)29-17-11-26(12-18-29)23-37-33(35,36)32(34)31-21-19-30(20-22-31)28-15-9-25(6-4-2)10-16-28/h3-6,11-12,17-22,24-25,27-28,32H,7-10,13-16,23H2,1-2H3/b5-3+,6-4+. The van der Waals surface area contributed by atoms with E-state index in [1.54, 1.807) is 0 Å². The minimum Gasteiger partial charge on any atom is -0.313 e. The molecule has 2 aliphatic rings. The molecule has 4 rings (SSSR count). The van der Waals surface area contributed by atoms with Crippen LogP contribution >= 0.6 is 0 Å². The van der Waals surface area contributed by atoms with Gasteiger partial charge in [-0.05, 0) is 111 Å². The molecule has 37 heavy (non-hydrogen) atoms. The highest BCUT2D eigenvalue weighted by molar-refractivity contribution is 5.28. The molecule has 0 radical (unpaired) electrons. The van der Waals surface area contributed by atoms with Gasteiger partial charge in [0, 0.05) is 0 Å². The van der Waals surface area contributed by atoms with Gasteiger partial charge in [0.1, 0.15) is 0 Å². The Balaban J connectivity index is 1.28. The molecule has 0 aromatic heterocycles. The number of halogens is 3. The number of benzene rings is 2. The normalized spacial score (nSPS) is 26.1. The van der Waals surface area contributed by atoms with E-state index in [0.717, 1.165) is 44.1 Å². The lowest BCUT2D eigenvalue weighted by molar-refractivity contribution is -0.282. The maximum Gasteiger partial charge on any atom is 0.391 e. The molecular weight excluding hydrogens is 469 g/mol. The van der Waals surface area contributed by atoms with Gasteiger partial charge < -0.3 is 4.74 Å². The van der Waals surface area contributed by atoms with Crippen LogP contribution in [0.2, 0.25) is 0 Å². The zero-order valence-corrected chi connectivity index (χ0v) is 22.2. The van der Waals surface area contributed by atoms with Crippen LogP contribution in [0.4, 0.5) is 13.2 Å². The Morgan fingerprint density at radius 2 is 1.16 bits per heavy atom. The molecule has 0 spiro atoms. The molecule has 0 bridgehead atoms. The number of rotatable bonds is 9.